The van der Waals surface area contributed by atoms with Crippen LogP contribution in [0, 0.1) is 23.7 Å². The summed E-state index contributed by atoms with van der Waals surface area (Å²) in [6.07, 6.45) is 4.32. The number of rotatable bonds is 26. The Labute approximate surface area is 397 Å². The zero-order chi connectivity index (χ0) is 48.5. The molecule has 2 amide bonds. The SMILES string of the molecule is CCCC(=O)OCN(C(=O)[C@@H](NC(=O)[C@H]1CCCC[N+]1(C)CCSC(C)(C)C)C(C)CC)[C@H](C[C@@H](OC(C)=O)c1nc(C(=O)C[C@@H](Cc2ccccc2)C[C@H](C)C(=O)OC)cs1)C(C)C. The maximum atomic E-state index is 15.1. The largest absolute Gasteiger partial charge is 0.469 e. The van der Waals surface area contributed by atoms with Gasteiger partial charge in [-0.3, -0.25) is 28.8 Å². The first-order chi connectivity index (χ1) is 30.6. The number of likely N-dealkylation sites (N-methyl/N-ethyl adjacent to an activating group) is 1. The average molecular weight is 944 g/mol. The molecule has 2 unspecified atom stereocenters. The molecule has 15 heteroatoms. The Morgan fingerprint density at radius 1 is 1.02 bits per heavy atom. The fraction of sp³-hybridized carbons (Fsp3) is 0.700. The van der Waals surface area contributed by atoms with E-state index in [2.05, 4.69) is 33.1 Å². The summed E-state index contributed by atoms with van der Waals surface area (Å²) in [5.41, 5.74) is 1.26. The molecular formula is C50H79N4O9S2+. The Kier molecular flexibility index (Phi) is 22.6. The zero-order valence-corrected chi connectivity index (χ0v) is 42.9. The number of esters is 3. The normalized spacial score (nSPS) is 19.2. The number of amides is 2. The second kappa shape index (κ2) is 26.5. The number of Topliss-reactive ketones (excluding diaryl/α,β-unsaturated/α-hetero) is 1. The molecule has 0 bridgehead atoms. The van der Waals surface area contributed by atoms with Gasteiger partial charge in [0, 0.05) is 54.5 Å². The van der Waals surface area contributed by atoms with E-state index in [0.717, 1.165) is 43.7 Å². The van der Waals surface area contributed by atoms with Crippen molar-refractivity contribution in [2.24, 2.45) is 23.7 Å². The van der Waals surface area contributed by atoms with Crippen molar-refractivity contribution in [2.45, 2.75) is 162 Å². The summed E-state index contributed by atoms with van der Waals surface area (Å²) in [4.78, 5) is 87.9. The van der Waals surface area contributed by atoms with Gasteiger partial charge in [0.2, 0.25) is 5.91 Å². The summed E-state index contributed by atoms with van der Waals surface area (Å²) >= 11 is 3.08. The minimum absolute atomic E-state index is 0.0902. The number of likely N-dealkylation sites (tertiary alicyclic amines) is 1. The number of thioether (sulfide) groups is 1. The first-order valence-corrected chi connectivity index (χ1v) is 25.5. The molecule has 0 spiro atoms. The first-order valence-electron chi connectivity index (χ1n) is 23.6. The van der Waals surface area contributed by atoms with Gasteiger partial charge < -0.3 is 28.9 Å². The van der Waals surface area contributed by atoms with Crippen LogP contribution < -0.4 is 5.32 Å². The molecular weight excluding hydrogens is 865 g/mol. The molecule has 0 aliphatic carbocycles. The van der Waals surface area contributed by atoms with Crippen molar-refractivity contribution in [3.8, 4) is 0 Å². The van der Waals surface area contributed by atoms with Crippen LogP contribution in [0.4, 0.5) is 0 Å². The third kappa shape index (κ3) is 17.7. The Balaban J connectivity index is 1.97. The van der Waals surface area contributed by atoms with Crippen molar-refractivity contribution < 1.29 is 47.5 Å². The third-order valence-corrected chi connectivity index (χ3v) is 14.8. The van der Waals surface area contributed by atoms with E-state index in [-0.39, 0.29) is 83.8 Å². The molecule has 364 valence electrons. The molecule has 2 heterocycles. The molecule has 1 fully saturated rings. The van der Waals surface area contributed by atoms with Crippen molar-refractivity contribution in [3.05, 3.63) is 52.0 Å². The number of thiazole rings is 1. The Bertz CT molecular complexity index is 1850. The summed E-state index contributed by atoms with van der Waals surface area (Å²) < 4.78 is 17.4. The Hall–Kier alpha value is -3.82. The van der Waals surface area contributed by atoms with E-state index in [1.165, 1.54) is 30.3 Å². The smallest absolute Gasteiger partial charge is 0.308 e. The van der Waals surface area contributed by atoms with E-state index >= 15 is 4.79 Å². The highest BCUT2D eigenvalue weighted by Crippen LogP contribution is 2.34. The van der Waals surface area contributed by atoms with Gasteiger partial charge >= 0.3 is 17.9 Å². The second-order valence-corrected chi connectivity index (χ2v) is 22.3. The van der Waals surface area contributed by atoms with E-state index < -0.39 is 36.0 Å². The van der Waals surface area contributed by atoms with Crippen molar-refractivity contribution in [1.29, 1.82) is 0 Å². The lowest BCUT2D eigenvalue weighted by molar-refractivity contribution is -0.927. The fourth-order valence-corrected chi connectivity index (χ4v) is 10.6. The molecule has 8 atom stereocenters. The highest BCUT2D eigenvalue weighted by Gasteiger charge is 2.44. The van der Waals surface area contributed by atoms with Crippen LogP contribution in [-0.4, -0.2) is 112 Å². The van der Waals surface area contributed by atoms with Crippen molar-refractivity contribution in [3.63, 3.8) is 0 Å². The third-order valence-electron chi connectivity index (χ3n) is 12.6. The molecule has 2 aromatic rings. The summed E-state index contributed by atoms with van der Waals surface area (Å²) in [5.74, 6) is -2.27. The highest BCUT2D eigenvalue weighted by molar-refractivity contribution is 8.00. The Morgan fingerprint density at radius 2 is 1.71 bits per heavy atom. The van der Waals surface area contributed by atoms with E-state index in [1.807, 2.05) is 76.7 Å². The number of aromatic nitrogens is 1. The average Bonchev–Trinajstić information content (AvgIpc) is 3.74. The number of nitrogens with one attached hydrogen (secondary N) is 1. The van der Waals surface area contributed by atoms with E-state index in [4.69, 9.17) is 19.2 Å². The number of ketones is 1. The quantitative estimate of drug-likeness (QED) is 0.0316. The predicted octanol–water partition coefficient (Wildman–Crippen LogP) is 8.98. The molecule has 1 saturated heterocycles. The lowest BCUT2D eigenvalue weighted by atomic mass is 9.86. The highest BCUT2D eigenvalue weighted by atomic mass is 32.2. The van der Waals surface area contributed by atoms with Gasteiger partial charge in [0.15, 0.2) is 24.7 Å². The lowest BCUT2D eigenvalue weighted by Crippen LogP contribution is -2.64. The van der Waals surface area contributed by atoms with Crippen LogP contribution in [0.1, 0.15) is 154 Å². The summed E-state index contributed by atoms with van der Waals surface area (Å²) in [6.45, 7) is 20.7. The topological polar surface area (TPSA) is 158 Å². The standard InChI is InChI=1S/C50H78N4O9S2/c1-13-20-44(57)62-32-53(48(59)45(34(5)14-2)52-46(58)41-23-18-19-24-54(41,11)25-26-65-50(8,9)10)40(33(3)4)30-43(63-36(7)55)47-51-39(31-64-47)42(56)29-38(27-35(6)49(60)61-12)28-37-21-16-15-17-22-37/h15-17,21-22,31,33-35,38,40-41,43,45H,13-14,18-20,23-30,32H2,1-12H3/p+1/t34?,35-,38+,40+,41+,43+,45-,54?/m0/s1. The zero-order valence-electron chi connectivity index (χ0n) is 41.3. The number of hydrogen-bond acceptors (Lipinski definition) is 12. The molecule has 1 N–H and O–H groups in total. The van der Waals surface area contributed by atoms with Crippen molar-refractivity contribution >= 4 is 58.6 Å². The van der Waals surface area contributed by atoms with E-state index in [1.54, 1.807) is 12.3 Å². The summed E-state index contributed by atoms with van der Waals surface area (Å²) in [6, 6.07) is 7.92. The summed E-state index contributed by atoms with van der Waals surface area (Å²) in [7, 11) is 3.51. The van der Waals surface area contributed by atoms with Gasteiger partial charge in [-0.25, -0.2) is 4.98 Å². The van der Waals surface area contributed by atoms with Gasteiger partial charge in [0.25, 0.3) is 5.91 Å². The van der Waals surface area contributed by atoms with Crippen LogP contribution in [0.15, 0.2) is 35.7 Å². The molecule has 1 aliphatic heterocycles. The van der Waals surface area contributed by atoms with Gasteiger partial charge in [0.05, 0.1) is 33.2 Å². The monoisotopic (exact) mass is 944 g/mol. The lowest BCUT2D eigenvalue weighted by Gasteiger charge is -2.45. The van der Waals surface area contributed by atoms with Crippen LogP contribution in [-0.2, 0) is 44.6 Å². The Morgan fingerprint density at radius 3 is 2.31 bits per heavy atom. The number of ether oxygens (including phenoxy) is 3. The maximum absolute atomic E-state index is 15.1. The number of methoxy groups -OCH3 is 1. The van der Waals surface area contributed by atoms with Gasteiger partial charge in [-0.15, -0.1) is 11.3 Å². The molecule has 3 rings (SSSR count). The molecule has 1 aliphatic rings. The number of nitrogens with zero attached hydrogens (tertiary/aromatic N) is 3. The van der Waals surface area contributed by atoms with E-state index in [9.17, 15) is 24.0 Å². The minimum Gasteiger partial charge on any atom is -0.469 e. The van der Waals surface area contributed by atoms with E-state index in [0.29, 0.717) is 35.2 Å². The number of piperidine rings is 1. The predicted molar refractivity (Wildman–Crippen MR) is 258 cm³/mol. The summed E-state index contributed by atoms with van der Waals surface area (Å²) in [5, 5.41) is 5.26. The molecule has 1 aromatic heterocycles. The number of carbonyl (C=O) groups is 6. The van der Waals surface area contributed by atoms with Gasteiger partial charge in [-0.1, -0.05) is 99.1 Å². The molecule has 0 saturated carbocycles. The number of carbonyl (C=O) groups excluding carboxylic acids is 6. The van der Waals surface area contributed by atoms with Crippen LogP contribution in [0.5, 0.6) is 0 Å². The number of hydrogen-bond donors (Lipinski definition) is 1. The maximum Gasteiger partial charge on any atom is 0.308 e. The van der Waals surface area contributed by atoms with Crippen molar-refractivity contribution in [2.75, 3.05) is 39.7 Å². The molecule has 1 aromatic carbocycles. The van der Waals surface area contributed by atoms with Crippen LogP contribution in [0.25, 0.3) is 0 Å². The van der Waals surface area contributed by atoms with Gasteiger partial charge in [0.1, 0.15) is 16.7 Å². The molecule has 13 nitrogen and oxygen atoms in total. The van der Waals surface area contributed by atoms with Crippen molar-refractivity contribution in [1.82, 2.24) is 15.2 Å². The number of quaternary nitrogens is 1. The van der Waals surface area contributed by atoms with Gasteiger partial charge in [-0.05, 0) is 55.4 Å². The first kappa shape index (κ1) is 55.5. The van der Waals surface area contributed by atoms with Gasteiger partial charge in [-0.2, -0.15) is 11.8 Å². The van der Waals surface area contributed by atoms with Crippen LogP contribution in [0.3, 0.4) is 0 Å². The second-order valence-electron chi connectivity index (χ2n) is 19.5. The van der Waals surface area contributed by atoms with Crippen LogP contribution in [0.2, 0.25) is 0 Å². The minimum atomic E-state index is -0.949. The molecule has 0 radical (unpaired) electrons. The number of benzene rings is 1. The fourth-order valence-electron chi connectivity index (χ4n) is 8.66. The van der Waals surface area contributed by atoms with Crippen LogP contribution >= 0.6 is 23.1 Å². The molecule has 65 heavy (non-hydrogen) atoms.